The molecule has 1 unspecified atom stereocenters. The van der Waals surface area contributed by atoms with Crippen molar-refractivity contribution in [1.29, 1.82) is 0 Å². The molecule has 0 aliphatic heterocycles. The fourth-order valence-corrected chi connectivity index (χ4v) is 2.52. The van der Waals surface area contributed by atoms with E-state index in [9.17, 15) is 0 Å². The van der Waals surface area contributed by atoms with Gasteiger partial charge < -0.3 is 10.6 Å². The zero-order valence-electron chi connectivity index (χ0n) is 13.4. The Hall–Kier alpha value is -0.900. The SMILES string of the molecule is CCCN(CCN(C)C)C(CN)CCc1ccccc1. The van der Waals surface area contributed by atoms with Crippen LogP contribution < -0.4 is 5.73 Å². The fraction of sp³-hybridized carbons (Fsp3) is 0.647. The topological polar surface area (TPSA) is 32.5 Å². The molecule has 1 aromatic carbocycles. The molecule has 0 aromatic heterocycles. The highest BCUT2D eigenvalue weighted by atomic mass is 15.2. The van der Waals surface area contributed by atoms with Gasteiger partial charge in [0.25, 0.3) is 0 Å². The van der Waals surface area contributed by atoms with Crippen molar-refractivity contribution in [3.05, 3.63) is 35.9 Å². The number of nitrogens with two attached hydrogens (primary N) is 1. The number of hydrogen-bond acceptors (Lipinski definition) is 3. The first kappa shape index (κ1) is 17.2. The van der Waals surface area contributed by atoms with Gasteiger partial charge in [0.05, 0.1) is 0 Å². The van der Waals surface area contributed by atoms with E-state index in [-0.39, 0.29) is 0 Å². The molecular weight excluding hydrogens is 246 g/mol. The minimum absolute atomic E-state index is 0.495. The molecule has 1 rings (SSSR count). The normalized spacial score (nSPS) is 13.1. The summed E-state index contributed by atoms with van der Waals surface area (Å²) in [4.78, 5) is 4.80. The summed E-state index contributed by atoms with van der Waals surface area (Å²) >= 11 is 0. The quantitative estimate of drug-likeness (QED) is 0.712. The van der Waals surface area contributed by atoms with Crippen LogP contribution >= 0.6 is 0 Å². The first-order valence-electron chi connectivity index (χ1n) is 7.80. The molecule has 0 aliphatic carbocycles. The summed E-state index contributed by atoms with van der Waals surface area (Å²) in [6, 6.07) is 11.2. The van der Waals surface area contributed by atoms with Gasteiger partial charge in [0, 0.05) is 25.7 Å². The van der Waals surface area contributed by atoms with Crippen LogP contribution in [0, 0.1) is 0 Å². The lowest BCUT2D eigenvalue weighted by Crippen LogP contribution is -2.44. The molecule has 0 saturated heterocycles. The summed E-state index contributed by atoms with van der Waals surface area (Å²) in [5.41, 5.74) is 7.43. The van der Waals surface area contributed by atoms with Crippen LogP contribution in [-0.4, -0.2) is 56.1 Å². The van der Waals surface area contributed by atoms with Crippen LogP contribution in [0.5, 0.6) is 0 Å². The average molecular weight is 277 g/mol. The number of hydrogen-bond donors (Lipinski definition) is 1. The average Bonchev–Trinajstić information content (AvgIpc) is 2.46. The Morgan fingerprint density at radius 1 is 1.05 bits per heavy atom. The van der Waals surface area contributed by atoms with Gasteiger partial charge in [-0.25, -0.2) is 0 Å². The molecule has 0 saturated carbocycles. The number of benzene rings is 1. The molecule has 0 spiro atoms. The van der Waals surface area contributed by atoms with Crippen molar-refractivity contribution in [3.63, 3.8) is 0 Å². The predicted octanol–water partition coefficient (Wildman–Crippen LogP) is 2.22. The predicted molar refractivity (Wildman–Crippen MR) is 88.0 cm³/mol. The number of likely N-dealkylation sites (N-methyl/N-ethyl adjacent to an activating group) is 1. The molecule has 2 N–H and O–H groups in total. The van der Waals surface area contributed by atoms with Gasteiger partial charge in [-0.05, 0) is 45.5 Å². The third-order valence-electron chi connectivity index (χ3n) is 3.74. The maximum absolute atomic E-state index is 6.02. The van der Waals surface area contributed by atoms with Crippen LogP contribution in [0.3, 0.4) is 0 Å². The summed E-state index contributed by atoms with van der Waals surface area (Å²) in [7, 11) is 4.26. The monoisotopic (exact) mass is 277 g/mol. The Kier molecular flexibility index (Phi) is 8.51. The summed E-state index contributed by atoms with van der Waals surface area (Å²) in [6.07, 6.45) is 3.45. The van der Waals surface area contributed by atoms with E-state index in [4.69, 9.17) is 5.73 Å². The Labute approximate surface area is 124 Å². The molecule has 3 nitrogen and oxygen atoms in total. The summed E-state index contributed by atoms with van der Waals surface area (Å²) in [5.74, 6) is 0. The summed E-state index contributed by atoms with van der Waals surface area (Å²) in [5, 5.41) is 0. The second-order valence-electron chi connectivity index (χ2n) is 5.75. The molecule has 0 heterocycles. The van der Waals surface area contributed by atoms with Gasteiger partial charge in [-0.2, -0.15) is 0 Å². The fourth-order valence-electron chi connectivity index (χ4n) is 2.52. The highest BCUT2D eigenvalue weighted by Gasteiger charge is 2.16. The first-order valence-corrected chi connectivity index (χ1v) is 7.80. The second-order valence-corrected chi connectivity index (χ2v) is 5.75. The Bertz CT molecular complexity index is 337. The third kappa shape index (κ3) is 6.51. The van der Waals surface area contributed by atoms with E-state index < -0.39 is 0 Å². The smallest absolute Gasteiger partial charge is 0.0222 e. The van der Waals surface area contributed by atoms with Crippen molar-refractivity contribution < 1.29 is 0 Å². The number of aryl methyl sites for hydroxylation is 1. The van der Waals surface area contributed by atoms with Gasteiger partial charge in [-0.1, -0.05) is 37.3 Å². The van der Waals surface area contributed by atoms with E-state index in [1.54, 1.807) is 0 Å². The number of rotatable bonds is 10. The second kappa shape index (κ2) is 9.92. The Morgan fingerprint density at radius 3 is 2.30 bits per heavy atom. The molecule has 0 amide bonds. The van der Waals surface area contributed by atoms with Crippen molar-refractivity contribution in [2.75, 3.05) is 40.3 Å². The van der Waals surface area contributed by atoms with Crippen molar-refractivity contribution >= 4 is 0 Å². The lowest BCUT2D eigenvalue weighted by molar-refractivity contribution is 0.174. The molecule has 0 fully saturated rings. The van der Waals surface area contributed by atoms with Crippen molar-refractivity contribution in [2.24, 2.45) is 5.73 Å². The van der Waals surface area contributed by atoms with Gasteiger partial charge in [0.1, 0.15) is 0 Å². The van der Waals surface area contributed by atoms with Gasteiger partial charge in [-0.15, -0.1) is 0 Å². The molecule has 1 aromatic rings. The minimum Gasteiger partial charge on any atom is -0.329 e. The third-order valence-corrected chi connectivity index (χ3v) is 3.74. The van der Waals surface area contributed by atoms with Crippen LogP contribution in [0.25, 0.3) is 0 Å². The lowest BCUT2D eigenvalue weighted by atomic mass is 10.0. The molecular formula is C17H31N3. The van der Waals surface area contributed by atoms with Crippen LogP contribution in [0.1, 0.15) is 25.3 Å². The van der Waals surface area contributed by atoms with Gasteiger partial charge in [-0.3, -0.25) is 4.90 Å². The highest BCUT2D eigenvalue weighted by Crippen LogP contribution is 2.10. The maximum Gasteiger partial charge on any atom is 0.0222 e. The lowest BCUT2D eigenvalue weighted by Gasteiger charge is -2.31. The maximum atomic E-state index is 6.02. The minimum atomic E-state index is 0.495. The molecule has 0 radical (unpaired) electrons. The van der Waals surface area contributed by atoms with Crippen molar-refractivity contribution in [1.82, 2.24) is 9.80 Å². The first-order chi connectivity index (χ1) is 9.67. The highest BCUT2D eigenvalue weighted by molar-refractivity contribution is 5.14. The van der Waals surface area contributed by atoms with E-state index in [1.807, 2.05) is 0 Å². The number of nitrogens with zero attached hydrogens (tertiary/aromatic N) is 2. The zero-order chi connectivity index (χ0) is 14.8. The molecule has 114 valence electrons. The van der Waals surface area contributed by atoms with E-state index in [0.29, 0.717) is 6.04 Å². The van der Waals surface area contributed by atoms with Crippen molar-refractivity contribution in [3.8, 4) is 0 Å². The van der Waals surface area contributed by atoms with Crippen LogP contribution in [0.2, 0.25) is 0 Å². The van der Waals surface area contributed by atoms with E-state index in [2.05, 4.69) is 61.2 Å². The van der Waals surface area contributed by atoms with Crippen LogP contribution in [0.4, 0.5) is 0 Å². The largest absolute Gasteiger partial charge is 0.329 e. The molecule has 0 bridgehead atoms. The van der Waals surface area contributed by atoms with Crippen LogP contribution in [0.15, 0.2) is 30.3 Å². The molecule has 1 atom stereocenters. The molecule has 0 aliphatic rings. The van der Waals surface area contributed by atoms with Gasteiger partial charge in [0.15, 0.2) is 0 Å². The molecule has 20 heavy (non-hydrogen) atoms. The van der Waals surface area contributed by atoms with E-state index in [1.165, 1.54) is 12.0 Å². The summed E-state index contributed by atoms with van der Waals surface area (Å²) < 4.78 is 0. The Balaban J connectivity index is 2.51. The standard InChI is InChI=1S/C17H31N3/c1-4-12-20(14-13-19(2)3)17(15-18)11-10-16-8-6-5-7-9-16/h5-9,17H,4,10-15,18H2,1-3H3. The van der Waals surface area contributed by atoms with Gasteiger partial charge >= 0.3 is 0 Å². The zero-order valence-corrected chi connectivity index (χ0v) is 13.4. The van der Waals surface area contributed by atoms with E-state index in [0.717, 1.165) is 39.0 Å². The van der Waals surface area contributed by atoms with Crippen molar-refractivity contribution in [2.45, 2.75) is 32.2 Å². The van der Waals surface area contributed by atoms with Crippen LogP contribution in [-0.2, 0) is 6.42 Å². The van der Waals surface area contributed by atoms with Gasteiger partial charge in [0.2, 0.25) is 0 Å². The van der Waals surface area contributed by atoms with E-state index >= 15 is 0 Å². The summed E-state index contributed by atoms with van der Waals surface area (Å²) in [6.45, 7) is 6.34. The molecule has 3 heteroatoms. The Morgan fingerprint density at radius 2 is 1.75 bits per heavy atom.